The molecule has 0 aromatic heterocycles. The summed E-state index contributed by atoms with van der Waals surface area (Å²) in [5, 5.41) is 21.6. The van der Waals surface area contributed by atoms with Gasteiger partial charge < -0.3 is 5.11 Å². The summed E-state index contributed by atoms with van der Waals surface area (Å²) in [7, 11) is -3.20. The Kier molecular flexibility index (Phi) is 5.44. The highest BCUT2D eigenvalue weighted by Crippen LogP contribution is 2.52. The van der Waals surface area contributed by atoms with Crippen molar-refractivity contribution >= 4 is 15.5 Å². The Morgan fingerprint density at radius 1 is 1.06 bits per heavy atom. The Labute approximate surface area is 178 Å². The van der Waals surface area contributed by atoms with Crippen molar-refractivity contribution in [2.75, 3.05) is 7.05 Å². The molecule has 1 atom stereocenters. The Balaban J connectivity index is 2.31. The molecule has 166 valence electrons. The number of nitro groups is 1. The zero-order chi connectivity index (χ0) is 23.4. The topological polar surface area (TPSA) is 101 Å². The van der Waals surface area contributed by atoms with Gasteiger partial charge in [-0.05, 0) is 45.5 Å². The van der Waals surface area contributed by atoms with E-state index in [1.54, 1.807) is 6.92 Å². The third-order valence-corrected chi connectivity index (χ3v) is 7.75. The largest absolute Gasteiger partial charge is 0.505 e. The van der Waals surface area contributed by atoms with E-state index in [4.69, 9.17) is 0 Å². The van der Waals surface area contributed by atoms with Gasteiger partial charge in [-0.1, -0.05) is 29.8 Å². The molecule has 0 radical (unpaired) electrons. The van der Waals surface area contributed by atoms with Crippen LogP contribution < -0.4 is 0 Å². The molecule has 1 aliphatic heterocycles. The highest BCUT2D eigenvalue weighted by atomic mass is 32.2. The standard InChI is InChI=1S/C21H22F2N2O5S/c1-13-5-11-16(12-6-13)31(29,30)18-17(14-7-9-15(10-8-14)25(27)28)24(4)20(2,3)21(22,23)19(18)26/h5-12,17,26H,1-4H3. The first-order valence-electron chi connectivity index (χ1n) is 9.33. The number of aryl methyl sites for hydroxylation is 1. The van der Waals surface area contributed by atoms with E-state index in [9.17, 15) is 23.6 Å². The van der Waals surface area contributed by atoms with Crippen molar-refractivity contribution in [3.63, 3.8) is 0 Å². The fourth-order valence-electron chi connectivity index (χ4n) is 3.57. The average molecular weight is 452 g/mol. The maximum atomic E-state index is 15.1. The van der Waals surface area contributed by atoms with Crippen LogP contribution in [-0.4, -0.2) is 41.9 Å². The van der Waals surface area contributed by atoms with Crippen LogP contribution in [0.15, 0.2) is 64.1 Å². The van der Waals surface area contributed by atoms with E-state index in [0.29, 0.717) is 0 Å². The summed E-state index contributed by atoms with van der Waals surface area (Å²) in [5.74, 6) is -5.40. The van der Waals surface area contributed by atoms with Crippen LogP contribution in [0, 0.1) is 17.0 Å². The fraction of sp³-hybridized carbons (Fsp3) is 0.333. The number of nitrogens with zero attached hydrogens (tertiary/aromatic N) is 2. The van der Waals surface area contributed by atoms with Crippen molar-refractivity contribution in [1.82, 2.24) is 4.90 Å². The summed E-state index contributed by atoms with van der Waals surface area (Å²) in [6.07, 6.45) is 0. The number of likely N-dealkylation sites (N-methyl/N-ethyl adjacent to an activating group) is 1. The summed E-state index contributed by atoms with van der Waals surface area (Å²) >= 11 is 0. The highest BCUT2D eigenvalue weighted by Gasteiger charge is 2.61. The van der Waals surface area contributed by atoms with Crippen LogP contribution in [0.4, 0.5) is 14.5 Å². The second kappa shape index (κ2) is 7.38. The van der Waals surface area contributed by atoms with Crippen molar-refractivity contribution in [1.29, 1.82) is 0 Å². The third-order valence-electron chi connectivity index (χ3n) is 5.86. The predicted molar refractivity (Wildman–Crippen MR) is 111 cm³/mol. The van der Waals surface area contributed by atoms with Gasteiger partial charge in [0.25, 0.3) is 5.69 Å². The number of benzene rings is 2. The smallest absolute Gasteiger partial charge is 0.322 e. The van der Waals surface area contributed by atoms with Gasteiger partial charge in [0, 0.05) is 12.1 Å². The molecule has 1 aliphatic rings. The lowest BCUT2D eigenvalue weighted by Gasteiger charge is -2.49. The first-order valence-corrected chi connectivity index (χ1v) is 10.8. The van der Waals surface area contributed by atoms with E-state index in [1.807, 2.05) is 0 Å². The number of halogens is 2. The number of alkyl halides is 2. The molecule has 31 heavy (non-hydrogen) atoms. The number of hydrogen-bond acceptors (Lipinski definition) is 6. The molecule has 1 heterocycles. The van der Waals surface area contributed by atoms with Crippen LogP contribution in [0.3, 0.4) is 0 Å². The maximum absolute atomic E-state index is 15.1. The van der Waals surface area contributed by atoms with Crippen molar-refractivity contribution in [3.8, 4) is 0 Å². The zero-order valence-electron chi connectivity index (χ0n) is 17.3. The number of rotatable bonds is 4. The van der Waals surface area contributed by atoms with Gasteiger partial charge >= 0.3 is 5.92 Å². The number of aliphatic hydroxyl groups excluding tert-OH is 1. The third kappa shape index (κ3) is 3.49. The fourth-order valence-corrected chi connectivity index (χ4v) is 5.29. The van der Waals surface area contributed by atoms with Crippen molar-refractivity contribution in [3.05, 3.63) is 80.4 Å². The molecule has 0 saturated heterocycles. The predicted octanol–water partition coefficient (Wildman–Crippen LogP) is 4.55. The molecule has 1 unspecified atom stereocenters. The minimum absolute atomic E-state index is 0.217. The van der Waals surface area contributed by atoms with E-state index in [-0.39, 0.29) is 16.1 Å². The lowest BCUT2D eigenvalue weighted by molar-refractivity contribution is -0.384. The summed E-state index contributed by atoms with van der Waals surface area (Å²) in [5.41, 5.74) is -1.19. The number of non-ortho nitro benzene ring substituents is 1. The van der Waals surface area contributed by atoms with E-state index < -0.39 is 42.9 Å². The SMILES string of the molecule is Cc1ccc(S(=O)(=O)C2=C(O)C(F)(F)C(C)(C)N(C)C2c2ccc([N+](=O)[O-])cc2)cc1. The number of nitro benzene ring substituents is 1. The lowest BCUT2D eigenvalue weighted by Crippen LogP contribution is -2.61. The summed E-state index contributed by atoms with van der Waals surface area (Å²) in [6, 6.07) is 9.27. The molecular formula is C21H22F2N2O5S. The van der Waals surface area contributed by atoms with Crippen LogP contribution >= 0.6 is 0 Å². The van der Waals surface area contributed by atoms with Gasteiger partial charge in [-0.3, -0.25) is 15.0 Å². The first-order chi connectivity index (χ1) is 14.2. The quantitative estimate of drug-likeness (QED) is 0.540. The molecule has 0 saturated carbocycles. The van der Waals surface area contributed by atoms with Gasteiger partial charge in [0.2, 0.25) is 9.84 Å². The normalized spacial score (nSPS) is 21.2. The molecule has 0 spiro atoms. The van der Waals surface area contributed by atoms with Crippen molar-refractivity contribution in [2.45, 2.75) is 43.2 Å². The lowest BCUT2D eigenvalue weighted by atomic mass is 9.84. The van der Waals surface area contributed by atoms with Crippen LogP contribution in [0.25, 0.3) is 0 Å². The summed E-state index contributed by atoms with van der Waals surface area (Å²) in [6.45, 7) is 4.13. The van der Waals surface area contributed by atoms with E-state index in [0.717, 1.165) is 22.6 Å². The minimum Gasteiger partial charge on any atom is -0.505 e. The molecule has 2 aromatic carbocycles. The second-order valence-corrected chi connectivity index (χ2v) is 9.94. The van der Waals surface area contributed by atoms with Gasteiger partial charge in [-0.15, -0.1) is 0 Å². The van der Waals surface area contributed by atoms with Crippen molar-refractivity contribution < 1.29 is 27.2 Å². The van der Waals surface area contributed by atoms with Crippen molar-refractivity contribution in [2.24, 2.45) is 0 Å². The zero-order valence-corrected chi connectivity index (χ0v) is 18.2. The van der Waals surface area contributed by atoms with E-state index in [2.05, 4.69) is 0 Å². The molecular weight excluding hydrogens is 430 g/mol. The van der Waals surface area contributed by atoms with Gasteiger partial charge in [0.1, 0.15) is 4.91 Å². The molecule has 0 aliphatic carbocycles. The molecule has 2 aromatic rings. The van der Waals surface area contributed by atoms with Crippen LogP contribution in [0.1, 0.15) is 31.0 Å². The average Bonchev–Trinajstić information content (AvgIpc) is 2.70. The van der Waals surface area contributed by atoms with Crippen LogP contribution in [0.2, 0.25) is 0 Å². The Morgan fingerprint density at radius 2 is 1.58 bits per heavy atom. The Morgan fingerprint density at radius 3 is 2.06 bits per heavy atom. The summed E-state index contributed by atoms with van der Waals surface area (Å²) < 4.78 is 57.1. The molecule has 3 rings (SSSR count). The van der Waals surface area contributed by atoms with Crippen LogP contribution in [-0.2, 0) is 9.84 Å². The van der Waals surface area contributed by atoms with E-state index in [1.165, 1.54) is 57.3 Å². The molecule has 0 amide bonds. The molecule has 10 heteroatoms. The van der Waals surface area contributed by atoms with Gasteiger partial charge in [-0.2, -0.15) is 8.78 Å². The minimum atomic E-state index is -4.53. The highest BCUT2D eigenvalue weighted by molar-refractivity contribution is 7.95. The number of sulfone groups is 1. The van der Waals surface area contributed by atoms with Gasteiger partial charge in [-0.25, -0.2) is 8.42 Å². The summed E-state index contributed by atoms with van der Waals surface area (Å²) in [4.78, 5) is 10.4. The number of aliphatic hydroxyl groups is 1. The molecule has 7 nitrogen and oxygen atoms in total. The van der Waals surface area contributed by atoms with Gasteiger partial charge in [0.15, 0.2) is 5.76 Å². The first kappa shape index (κ1) is 22.8. The molecule has 0 fully saturated rings. The van der Waals surface area contributed by atoms with Gasteiger partial charge in [0.05, 0.1) is 21.4 Å². The second-order valence-electron chi connectivity index (χ2n) is 8.02. The monoisotopic (exact) mass is 452 g/mol. The van der Waals surface area contributed by atoms with Crippen LogP contribution in [0.5, 0.6) is 0 Å². The molecule has 1 N–H and O–H groups in total. The Hall–Kier alpha value is -2.85. The molecule has 0 bridgehead atoms. The van der Waals surface area contributed by atoms with E-state index >= 15 is 8.78 Å². The Bertz CT molecular complexity index is 1160. The maximum Gasteiger partial charge on any atom is 0.322 e. The number of hydrogen-bond donors (Lipinski definition) is 1.